The summed E-state index contributed by atoms with van der Waals surface area (Å²) in [4.78, 5) is 80.6. The fourth-order valence-corrected chi connectivity index (χ4v) is 6.46. The van der Waals surface area contributed by atoms with Gasteiger partial charge in [0.25, 0.3) is 0 Å². The summed E-state index contributed by atoms with van der Waals surface area (Å²) in [6, 6.07) is 7.29. The monoisotopic (exact) mass is 839 g/mol. The van der Waals surface area contributed by atoms with E-state index in [9.17, 15) is 28.8 Å². The van der Waals surface area contributed by atoms with Gasteiger partial charge in [0.05, 0.1) is 26.3 Å². The molecule has 0 unspecified atom stereocenters. The molecule has 0 fully saturated rings. The van der Waals surface area contributed by atoms with Gasteiger partial charge in [0.2, 0.25) is 11.8 Å². The van der Waals surface area contributed by atoms with Crippen LogP contribution in [0.5, 0.6) is 11.5 Å². The lowest BCUT2D eigenvalue weighted by Crippen LogP contribution is -2.47. The third kappa shape index (κ3) is 15.3. The number of nitrogens with one attached hydrogen (secondary N) is 3. The third-order valence-electron chi connectivity index (χ3n) is 9.31. The average molecular weight is 840 g/mol. The van der Waals surface area contributed by atoms with Gasteiger partial charge in [-0.2, -0.15) is 0 Å². The maximum Gasteiger partial charge on any atom is 0.407 e. The second-order valence-corrected chi connectivity index (χ2v) is 17.0. The van der Waals surface area contributed by atoms with Crippen LogP contribution in [0.3, 0.4) is 0 Å². The highest BCUT2D eigenvalue weighted by molar-refractivity contribution is 5.95. The molecule has 0 saturated carbocycles. The van der Waals surface area contributed by atoms with Crippen molar-refractivity contribution in [1.29, 1.82) is 0 Å². The molecule has 0 spiro atoms. The van der Waals surface area contributed by atoms with Gasteiger partial charge in [0, 0.05) is 43.5 Å². The van der Waals surface area contributed by atoms with E-state index in [-0.39, 0.29) is 32.4 Å². The van der Waals surface area contributed by atoms with Crippen molar-refractivity contribution in [3.63, 3.8) is 0 Å². The minimum absolute atomic E-state index is 0.0580. The summed E-state index contributed by atoms with van der Waals surface area (Å²) >= 11 is 0. The third-order valence-corrected chi connectivity index (χ3v) is 9.31. The van der Waals surface area contributed by atoms with E-state index in [1.54, 1.807) is 78.8 Å². The smallest absolute Gasteiger partial charge is 0.407 e. The van der Waals surface area contributed by atoms with Crippen molar-refractivity contribution in [3.8, 4) is 22.6 Å². The number of Topliss-reactive ketones (excluding diaryl/α,β-unsaturated/α-hetero) is 1. The summed E-state index contributed by atoms with van der Waals surface area (Å²) in [5, 5.41) is 8.14. The van der Waals surface area contributed by atoms with E-state index in [0.717, 1.165) is 0 Å². The molecule has 332 valence electrons. The molecule has 16 nitrogen and oxygen atoms in total. The first-order chi connectivity index (χ1) is 28.1. The normalized spacial score (nSPS) is 17.6. The number of esters is 1. The molecule has 4 bridgehead atoms. The minimum Gasteiger partial charge on any atom is -0.493 e. The minimum atomic E-state index is -1.17. The van der Waals surface area contributed by atoms with Crippen molar-refractivity contribution < 1.29 is 52.5 Å². The Hall–Kier alpha value is -5.38. The van der Waals surface area contributed by atoms with Crippen LogP contribution in [0.25, 0.3) is 11.1 Å². The number of carbonyl (C=O) groups excluding carboxylic acids is 6. The molecule has 0 aromatic heterocycles. The lowest BCUT2D eigenvalue weighted by atomic mass is 9.89. The van der Waals surface area contributed by atoms with Crippen molar-refractivity contribution in [3.05, 3.63) is 47.5 Å². The fourth-order valence-electron chi connectivity index (χ4n) is 6.46. The number of methoxy groups -OCH3 is 1. The van der Waals surface area contributed by atoms with Crippen molar-refractivity contribution in [2.75, 3.05) is 40.5 Å². The average Bonchev–Trinajstić information content (AvgIpc) is 3.16. The molecule has 4 amide bonds. The number of ether oxygens (including phenoxy) is 5. The predicted octanol–water partition coefficient (Wildman–Crippen LogP) is 5.38. The number of ketones is 1. The maximum atomic E-state index is 14.4. The van der Waals surface area contributed by atoms with Crippen molar-refractivity contribution >= 4 is 35.8 Å². The Morgan fingerprint density at radius 2 is 1.43 bits per heavy atom. The molecule has 1 aliphatic heterocycles. The number of rotatable bonds is 15. The highest BCUT2D eigenvalue weighted by atomic mass is 16.6. The first-order valence-electron chi connectivity index (χ1n) is 20.5. The number of hydrogen-bond donors (Lipinski definition) is 4. The lowest BCUT2D eigenvalue weighted by Gasteiger charge is -2.31. The topological polar surface area (TPSA) is 214 Å². The van der Waals surface area contributed by atoms with Crippen LogP contribution in [0, 0.1) is 5.92 Å². The van der Waals surface area contributed by atoms with Gasteiger partial charge in [-0.1, -0.05) is 26.0 Å². The van der Waals surface area contributed by atoms with Crippen molar-refractivity contribution in [1.82, 2.24) is 20.9 Å². The molecule has 0 radical (unpaired) electrons. The van der Waals surface area contributed by atoms with E-state index in [2.05, 4.69) is 16.0 Å². The number of likely N-dealkylation sites (N-methyl/N-ethyl adjacent to an activating group) is 1. The summed E-state index contributed by atoms with van der Waals surface area (Å²) in [5.74, 6) is -2.13. The molecule has 2 aromatic carbocycles. The summed E-state index contributed by atoms with van der Waals surface area (Å²) < 4.78 is 28.1. The van der Waals surface area contributed by atoms with Crippen LogP contribution in [0.15, 0.2) is 36.4 Å². The van der Waals surface area contributed by atoms with Gasteiger partial charge in [0.15, 0.2) is 5.78 Å². The SMILES string of the molecule is CCCOc1ccc2cc1-c1cc(ccc1OCCNC(=O)OC(C)(C)C)C[C@@H](C(=O)OC)NC(=O)[C@H](C)CC(=O)[C@H]2N(C)C(=O)[C@@H](N)CCCCNC(=O)OC(C)(C)C. The zero-order chi connectivity index (χ0) is 44.8. The molecule has 60 heavy (non-hydrogen) atoms. The number of unbranched alkanes of at least 4 members (excludes halogenated alkanes) is 1. The number of amides is 4. The van der Waals surface area contributed by atoms with Gasteiger partial charge in [-0.25, -0.2) is 14.4 Å². The number of nitrogens with zero attached hydrogens (tertiary/aromatic N) is 1. The number of benzene rings is 2. The number of nitrogens with two attached hydrogens (primary N) is 1. The van der Waals surface area contributed by atoms with Gasteiger partial charge in [-0.05, 0) is 103 Å². The van der Waals surface area contributed by atoms with Crippen molar-refractivity contribution in [2.45, 2.75) is 123 Å². The van der Waals surface area contributed by atoms with Gasteiger partial charge >= 0.3 is 18.2 Å². The highest BCUT2D eigenvalue weighted by Gasteiger charge is 2.35. The molecule has 2 aromatic rings. The zero-order valence-corrected chi connectivity index (χ0v) is 36.9. The summed E-state index contributed by atoms with van der Waals surface area (Å²) in [6.45, 7) is 15.0. The molecular formula is C44H65N5O11. The zero-order valence-electron chi connectivity index (χ0n) is 36.9. The van der Waals surface area contributed by atoms with Crippen LogP contribution >= 0.6 is 0 Å². The van der Waals surface area contributed by atoms with Gasteiger partial charge < -0.3 is 50.3 Å². The Morgan fingerprint density at radius 1 is 0.850 bits per heavy atom. The molecule has 1 aliphatic rings. The predicted molar refractivity (Wildman–Crippen MR) is 225 cm³/mol. The Balaban J connectivity index is 2.06. The Morgan fingerprint density at radius 3 is 2.03 bits per heavy atom. The van der Waals surface area contributed by atoms with E-state index in [4.69, 9.17) is 29.4 Å². The standard InChI is InChI=1S/C44H65N5O11/c1-11-21-57-36-18-16-29-26-31(36)30-24-28(15-17-35(30)58-22-20-47-42(55)60-44(6,7)8)25-33(40(53)56-10)48-38(51)27(2)23-34(50)37(29)49(9)39(52)32(45)14-12-13-19-46-41(54)59-43(3,4)5/h15-18,24,26-27,32-33,37H,11-14,19-23,25,45H2,1-10H3,(H,46,54)(H,47,55)(H,48,51)/t27-,32+,33+,37+/m1/s1. The molecule has 1 heterocycles. The second kappa shape index (κ2) is 22.3. The van der Waals surface area contributed by atoms with E-state index in [1.165, 1.54) is 19.1 Å². The fraction of sp³-hybridized carbons (Fsp3) is 0.591. The van der Waals surface area contributed by atoms with Gasteiger partial charge in [-0.3, -0.25) is 14.4 Å². The Kier molecular flexibility index (Phi) is 18.2. The van der Waals surface area contributed by atoms with E-state index in [0.29, 0.717) is 66.2 Å². The van der Waals surface area contributed by atoms with Crippen LogP contribution in [-0.2, 0) is 39.8 Å². The van der Waals surface area contributed by atoms with Crippen LogP contribution in [0.2, 0.25) is 0 Å². The van der Waals surface area contributed by atoms with E-state index < -0.39 is 71.0 Å². The lowest BCUT2D eigenvalue weighted by molar-refractivity contribution is -0.145. The van der Waals surface area contributed by atoms with Crippen LogP contribution < -0.4 is 31.2 Å². The largest absolute Gasteiger partial charge is 0.493 e. The van der Waals surface area contributed by atoms with Crippen molar-refractivity contribution in [2.24, 2.45) is 11.7 Å². The molecule has 0 saturated heterocycles. The first kappa shape index (κ1) is 49.0. The molecule has 16 heteroatoms. The molecular weight excluding hydrogens is 775 g/mol. The second-order valence-electron chi connectivity index (χ2n) is 17.0. The number of alkyl carbamates (subject to hydrolysis) is 2. The molecule has 0 aliphatic carbocycles. The summed E-state index contributed by atoms with van der Waals surface area (Å²) in [5.41, 5.74) is 7.31. The van der Waals surface area contributed by atoms with E-state index >= 15 is 0 Å². The quantitative estimate of drug-likeness (QED) is 0.101. The molecule has 4 atom stereocenters. The van der Waals surface area contributed by atoms with Crippen LogP contribution in [0.1, 0.15) is 105 Å². The molecule has 3 rings (SSSR count). The van der Waals surface area contributed by atoms with Gasteiger partial charge in [-0.15, -0.1) is 0 Å². The maximum absolute atomic E-state index is 14.4. The van der Waals surface area contributed by atoms with E-state index in [1.807, 2.05) is 13.0 Å². The number of hydrogen-bond acceptors (Lipinski definition) is 12. The van der Waals surface area contributed by atoms with Gasteiger partial charge in [0.1, 0.15) is 41.4 Å². The van der Waals surface area contributed by atoms with Crippen LogP contribution in [0.4, 0.5) is 9.59 Å². The summed E-state index contributed by atoms with van der Waals surface area (Å²) in [6.07, 6.45) is 0.687. The summed E-state index contributed by atoms with van der Waals surface area (Å²) in [7, 11) is 2.73. The van der Waals surface area contributed by atoms with Crippen LogP contribution in [-0.4, -0.2) is 104 Å². The first-order valence-corrected chi connectivity index (χ1v) is 20.5. The molecule has 5 N–H and O–H groups in total. The Labute approximate surface area is 353 Å². The Bertz CT molecular complexity index is 1820. The highest BCUT2D eigenvalue weighted by Crippen LogP contribution is 2.40. The number of fused-ring (bicyclic) bond motifs is 5. The number of carbonyl (C=O) groups is 6.